The number of benzene rings is 3. The van der Waals surface area contributed by atoms with Gasteiger partial charge in [0.15, 0.2) is 0 Å². The molecule has 3 aromatic carbocycles. The molecule has 3 aromatic rings. The van der Waals surface area contributed by atoms with Gasteiger partial charge in [-0.3, -0.25) is 59.1 Å². The first kappa shape index (κ1) is 102. The zero-order valence-electron chi connectivity index (χ0n) is 70.9. The van der Waals surface area contributed by atoms with Gasteiger partial charge < -0.3 is 88.9 Å². The molecule has 672 valence electrons. The number of aldehydes is 1. The molecule has 0 spiro atoms. The van der Waals surface area contributed by atoms with E-state index in [0.29, 0.717) is 165 Å². The van der Waals surface area contributed by atoms with Crippen molar-refractivity contribution in [2.24, 2.45) is 23.5 Å². The Morgan fingerprint density at radius 3 is 1.08 bits per heavy atom. The van der Waals surface area contributed by atoms with Crippen LogP contribution in [0.15, 0.2) is 54.6 Å². The van der Waals surface area contributed by atoms with Crippen LogP contribution in [0.1, 0.15) is 183 Å². The SMILES string of the molecule is CC(C)(C)OC(=O)NCCOCCOCC=O.CC(C)(C)OC(=O)NCCOCCOCCN1CCC(Cc2ccc3c(c2)CN(C2CCC(=O)NC2=O)C3=O)CC1.Cl.Cl.NCCOCCOCCN1CCC(Cc2ccc3c(c2)CN(C2CCC(=O)NC2=O)C3=O)CC1.O=C1CCC(N2Cc3cc(CC4CCNCC4)ccc3C2=O)C(=O)N1.[NH]=[W]. The number of imide groups is 3. The Kier molecular flexibility index (Phi) is 44.6. The van der Waals surface area contributed by atoms with Gasteiger partial charge in [0.2, 0.25) is 35.4 Å². The molecule has 0 aromatic heterocycles. The van der Waals surface area contributed by atoms with Crippen LogP contribution in [0, 0.1) is 21.7 Å². The van der Waals surface area contributed by atoms with E-state index in [-0.39, 0.29) is 104 Å². The number of piperidine rings is 6. The van der Waals surface area contributed by atoms with Crippen molar-refractivity contribution in [2.45, 2.75) is 187 Å². The standard InChI is InChI=1S/C30H44N4O7.C25H36N4O5.C19H23N3O3.C11H21NO5.2ClH.HN.W/c1-30(2,3)41-29(38)31-10-14-39-16-17-40-15-13-33-11-8-21(9-12-33)18-22-4-5-24-23(19-22)20-34(28(24)37)25-6-7-26(35)32-27(25)36;26-7-11-33-13-14-34-12-10-28-8-5-18(6-9-28)15-19-1-2-21-20(16-19)17-29(25(21)32)22-3-4-23(30)27-24(22)31;23-17-4-3-16(18(24)21-17)22-11-14-10-13(1-2-15(14)19(22)25)9-12-5-7-20-8-6-12;1-11(2,3)17-10(14)12-4-6-15-8-9-16-7-5-13;;;;/h4-5,19,21,25H,6-18,20H2,1-3H3,(H,31,38)(H,32,35,36);1-2,16,18,22H,3-15,17,26H2,(H,27,30,31);1-2,10,12,16,20H,3-9,11H2,(H,21,23,24);5H,4,6-9H2,1-3H3,(H,12,14);3*1H;. The predicted octanol–water partition coefficient (Wildman–Crippen LogP) is 5.83. The molecule has 0 bridgehead atoms. The number of halogens is 2. The number of hydrogen-bond donors (Lipinski definition) is 8. The summed E-state index contributed by atoms with van der Waals surface area (Å²) >= 11 is 0.833. The minimum atomic E-state index is -0.579. The van der Waals surface area contributed by atoms with Gasteiger partial charge in [0.05, 0.1) is 72.7 Å². The Labute approximate surface area is 733 Å². The van der Waals surface area contributed by atoms with Crippen molar-refractivity contribution in [3.8, 4) is 0 Å². The van der Waals surface area contributed by atoms with E-state index in [1.807, 2.05) is 51.1 Å². The summed E-state index contributed by atoms with van der Waals surface area (Å²) in [4.78, 5) is 152. The molecule has 6 fully saturated rings. The molecule has 3 unspecified atom stereocenters. The van der Waals surface area contributed by atoms with E-state index in [1.54, 1.807) is 35.5 Å². The number of fused-ring (bicyclic) bond motifs is 3. The Morgan fingerprint density at radius 2 is 0.769 bits per heavy atom. The van der Waals surface area contributed by atoms with Crippen LogP contribution in [-0.2, 0) is 130 Å². The third-order valence-electron chi connectivity index (χ3n) is 21.7. The summed E-state index contributed by atoms with van der Waals surface area (Å²) < 4.78 is 48.2. The van der Waals surface area contributed by atoms with Crippen molar-refractivity contribution in [1.82, 2.24) is 56.4 Å². The van der Waals surface area contributed by atoms with Crippen LogP contribution in [0.25, 0.3) is 0 Å². The second-order valence-electron chi connectivity index (χ2n) is 33.0. The molecule has 121 heavy (non-hydrogen) atoms. The molecule has 36 heteroatoms. The van der Waals surface area contributed by atoms with Crippen molar-refractivity contribution < 1.29 is 115 Å². The van der Waals surface area contributed by atoms with Crippen LogP contribution in [0.3, 0.4) is 0 Å². The van der Waals surface area contributed by atoms with E-state index in [2.05, 4.69) is 66.0 Å². The number of rotatable bonds is 34. The predicted molar refractivity (Wildman–Crippen MR) is 448 cm³/mol. The van der Waals surface area contributed by atoms with Crippen LogP contribution in [0.2, 0.25) is 0 Å². The minimum absolute atomic E-state index is 0. The fourth-order valence-electron chi connectivity index (χ4n) is 15.7. The average molecular weight is 1910 g/mol. The molecule has 0 radical (unpaired) electrons. The first-order valence-corrected chi connectivity index (χ1v) is 43.4. The molecule has 11 amide bonds. The third kappa shape index (κ3) is 34.4. The summed E-state index contributed by atoms with van der Waals surface area (Å²) in [5.74, 6) is -0.311. The third-order valence-corrected chi connectivity index (χ3v) is 21.7. The second-order valence-corrected chi connectivity index (χ2v) is 33.0. The van der Waals surface area contributed by atoms with E-state index in [1.165, 1.54) is 29.5 Å². The Balaban J connectivity index is 0.000000257. The first-order chi connectivity index (χ1) is 57.2. The molecule has 3 atom stereocenters. The van der Waals surface area contributed by atoms with Gasteiger partial charge in [-0.1, -0.05) is 36.4 Å². The van der Waals surface area contributed by atoms with E-state index < -0.39 is 41.5 Å². The number of ether oxygens (including phenoxy) is 8. The van der Waals surface area contributed by atoms with Crippen LogP contribution in [0.4, 0.5) is 9.59 Å². The molecule has 9 heterocycles. The van der Waals surface area contributed by atoms with Crippen molar-refractivity contribution in [1.29, 1.82) is 3.91 Å². The van der Waals surface area contributed by atoms with Crippen molar-refractivity contribution in [3.63, 3.8) is 0 Å². The van der Waals surface area contributed by atoms with E-state index >= 15 is 0 Å². The number of likely N-dealkylation sites (tertiary alicyclic amines) is 2. The van der Waals surface area contributed by atoms with Crippen molar-refractivity contribution in [2.75, 3.05) is 151 Å². The number of amides is 11. The monoisotopic (exact) mass is 1900 g/mol. The number of nitrogens with zero attached hydrogens (tertiary/aromatic N) is 5. The summed E-state index contributed by atoms with van der Waals surface area (Å²) in [6, 6.07) is 16.5. The fourth-order valence-corrected chi connectivity index (χ4v) is 15.7. The van der Waals surface area contributed by atoms with Gasteiger partial charge in [-0.25, -0.2) is 9.59 Å². The molecule has 0 saturated carbocycles. The number of nitrogens with two attached hydrogens (primary N) is 1. The zero-order chi connectivity index (χ0) is 85.9. The number of alkyl carbamates (subject to hydrolysis) is 2. The van der Waals surface area contributed by atoms with Gasteiger partial charge in [0, 0.05) is 88.3 Å². The molecule has 9 N–H and O–H groups in total. The fraction of sp³-hybridized carbons (Fsp3) is 0.647. The number of carbonyl (C=O) groups excluding carboxylic acids is 12. The maximum absolute atomic E-state index is 12.9. The van der Waals surface area contributed by atoms with Crippen LogP contribution in [0.5, 0.6) is 0 Å². The molecule has 9 aliphatic heterocycles. The van der Waals surface area contributed by atoms with Gasteiger partial charge in [-0.05, 0) is 227 Å². The summed E-state index contributed by atoms with van der Waals surface area (Å²) in [5, 5.41) is 15.7. The summed E-state index contributed by atoms with van der Waals surface area (Å²) in [6.45, 7) is 27.5. The molecule has 9 aliphatic rings. The summed E-state index contributed by atoms with van der Waals surface area (Å²) in [7, 11) is 0. The van der Waals surface area contributed by atoms with Crippen molar-refractivity contribution >= 4 is 96.5 Å². The maximum atomic E-state index is 12.9. The Bertz CT molecular complexity index is 3890. The number of carbonyl (C=O) groups is 12. The van der Waals surface area contributed by atoms with Gasteiger partial charge in [0.25, 0.3) is 17.7 Å². The first-order valence-electron chi connectivity index (χ1n) is 41.9. The quantitative estimate of drug-likeness (QED) is 0.0198. The van der Waals surface area contributed by atoms with Crippen LogP contribution in [-0.4, -0.2) is 277 Å². The van der Waals surface area contributed by atoms with Crippen molar-refractivity contribution in [3.05, 3.63) is 105 Å². The van der Waals surface area contributed by atoms with Crippen LogP contribution < -0.4 is 37.6 Å². The number of hydrogen-bond acceptors (Lipinski definition) is 25. The van der Waals surface area contributed by atoms with Gasteiger partial charge >= 0.3 is 35.7 Å². The molecular weight excluding hydrogens is 1780 g/mol. The Morgan fingerprint density at radius 1 is 0.455 bits per heavy atom. The normalized spacial score (nSPS) is 19.6. The molecule has 6 saturated heterocycles. The van der Waals surface area contributed by atoms with Gasteiger partial charge in [-0.15, -0.1) is 24.8 Å². The van der Waals surface area contributed by atoms with Gasteiger partial charge in [-0.2, -0.15) is 0 Å². The molecule has 0 aliphatic carbocycles. The summed E-state index contributed by atoms with van der Waals surface area (Å²) in [6.07, 6.45) is 11.7. The van der Waals surface area contributed by atoms with E-state index in [4.69, 9.17) is 47.5 Å². The second kappa shape index (κ2) is 52.9. The van der Waals surface area contributed by atoms with E-state index in [9.17, 15) is 57.5 Å². The molecule has 12 rings (SSSR count). The van der Waals surface area contributed by atoms with E-state index in [0.717, 1.165) is 140 Å². The molecule has 33 nitrogen and oxygen atoms in total. The molecular formula is C85H127Cl2N13O20W. The number of nitrogens with one attached hydrogen (secondary N) is 7. The topological polar surface area (TPSA) is 417 Å². The van der Waals surface area contributed by atoms with Gasteiger partial charge in [0.1, 0.15) is 42.2 Å². The Hall–Kier alpha value is -7.63. The summed E-state index contributed by atoms with van der Waals surface area (Å²) in [5.41, 5.74) is 13.1. The zero-order valence-corrected chi connectivity index (χ0v) is 75.5. The average Bonchev–Trinajstić information content (AvgIpc) is 1.65. The van der Waals surface area contributed by atoms with Crippen LogP contribution >= 0.6 is 24.8 Å².